The molecule has 1 saturated carbocycles. The molecule has 1 amide bonds. The predicted molar refractivity (Wildman–Crippen MR) is 151 cm³/mol. The van der Waals surface area contributed by atoms with Gasteiger partial charge in [0, 0.05) is 39.6 Å². The van der Waals surface area contributed by atoms with Crippen molar-refractivity contribution in [3.05, 3.63) is 82.9 Å². The van der Waals surface area contributed by atoms with Gasteiger partial charge in [-0.1, -0.05) is 36.4 Å². The van der Waals surface area contributed by atoms with E-state index >= 15 is 0 Å². The molecule has 3 aromatic carbocycles. The number of ketones is 1. The molecule has 0 atom stereocenters. The first-order chi connectivity index (χ1) is 19.0. The molecule has 204 valence electrons. The van der Waals surface area contributed by atoms with E-state index in [0.29, 0.717) is 18.5 Å². The topological polar surface area (TPSA) is 77.1 Å². The number of fused-ring (bicyclic) bond motifs is 1. The second-order valence-electron chi connectivity index (χ2n) is 10.7. The highest BCUT2D eigenvalue weighted by atomic mass is 16.7. The number of Topliss-reactive ketones (excluding diaryl/α,β-unsaturated/α-hetero) is 1. The molecule has 2 fully saturated rings. The van der Waals surface area contributed by atoms with E-state index in [1.165, 1.54) is 0 Å². The first-order valence-electron chi connectivity index (χ1n) is 13.7. The van der Waals surface area contributed by atoms with Crippen molar-refractivity contribution in [1.82, 2.24) is 10.2 Å². The molecule has 0 spiro atoms. The lowest BCUT2D eigenvalue weighted by Crippen LogP contribution is -2.41. The molecule has 3 aliphatic rings. The van der Waals surface area contributed by atoms with Crippen molar-refractivity contribution >= 4 is 11.7 Å². The largest absolute Gasteiger partial charge is 0.454 e. The van der Waals surface area contributed by atoms with E-state index in [9.17, 15) is 9.59 Å². The van der Waals surface area contributed by atoms with Crippen LogP contribution >= 0.6 is 0 Å². The van der Waals surface area contributed by atoms with Gasteiger partial charge in [0.15, 0.2) is 11.5 Å². The fourth-order valence-corrected chi connectivity index (χ4v) is 5.55. The zero-order valence-electron chi connectivity index (χ0n) is 22.3. The number of carbonyl (C=O) groups is 2. The number of carbonyl (C=O) groups excluding carboxylic acids is 2. The molecule has 0 bridgehead atoms. The molecule has 2 aliphatic heterocycles. The maximum Gasteiger partial charge on any atom is 0.251 e. The van der Waals surface area contributed by atoms with Gasteiger partial charge in [0.05, 0.1) is 18.6 Å². The summed E-state index contributed by atoms with van der Waals surface area (Å²) in [6, 6.07) is 19.8. The van der Waals surface area contributed by atoms with Gasteiger partial charge in [0.25, 0.3) is 5.91 Å². The van der Waals surface area contributed by atoms with Crippen molar-refractivity contribution in [2.45, 2.75) is 31.6 Å². The van der Waals surface area contributed by atoms with Gasteiger partial charge < -0.3 is 19.5 Å². The van der Waals surface area contributed by atoms with Crippen molar-refractivity contribution in [3.8, 4) is 22.6 Å². The first-order valence-corrected chi connectivity index (χ1v) is 13.7. The van der Waals surface area contributed by atoms with Crippen molar-refractivity contribution < 1.29 is 25.2 Å². The fraction of sp³-hybridized carbons (Fsp3) is 0.375. The Kier molecular flexibility index (Phi) is 7.11. The van der Waals surface area contributed by atoms with Crippen LogP contribution in [-0.4, -0.2) is 62.8 Å². The Morgan fingerprint density at radius 3 is 2.49 bits per heavy atom. The van der Waals surface area contributed by atoms with Crippen molar-refractivity contribution in [2.24, 2.45) is 0 Å². The predicted octanol–water partition coefficient (Wildman–Crippen LogP) is 4.54. The van der Waals surface area contributed by atoms with Crippen LogP contribution in [0.15, 0.2) is 60.7 Å². The molecule has 6 rings (SSSR count). The second kappa shape index (κ2) is 10.8. The van der Waals surface area contributed by atoms with Crippen LogP contribution in [0.5, 0.6) is 11.5 Å². The molecule has 0 aromatic heterocycles. The second-order valence-corrected chi connectivity index (χ2v) is 10.7. The summed E-state index contributed by atoms with van der Waals surface area (Å²) < 4.78 is 16.3. The summed E-state index contributed by atoms with van der Waals surface area (Å²) in [6.45, 7) is 7.07. The summed E-state index contributed by atoms with van der Waals surface area (Å²) in [5.74, 6) is 1.63. The van der Waals surface area contributed by atoms with Crippen molar-refractivity contribution in [2.75, 3.05) is 46.2 Å². The van der Waals surface area contributed by atoms with E-state index in [0.717, 1.165) is 85.0 Å². The highest BCUT2D eigenvalue weighted by molar-refractivity contribution is 5.96. The number of hydrogen-bond donors (Lipinski definition) is 1. The number of morpholine rings is 1. The van der Waals surface area contributed by atoms with Gasteiger partial charge in [-0.3, -0.25) is 14.5 Å². The first kappa shape index (κ1) is 25.6. The third-order valence-corrected chi connectivity index (χ3v) is 8.15. The number of aryl methyl sites for hydroxylation is 1. The Morgan fingerprint density at radius 1 is 0.949 bits per heavy atom. The zero-order chi connectivity index (χ0) is 26.8. The van der Waals surface area contributed by atoms with Gasteiger partial charge in [-0.25, -0.2) is 0 Å². The van der Waals surface area contributed by atoms with Crippen LogP contribution in [0.3, 0.4) is 0 Å². The minimum atomic E-state index is -0.428. The molecule has 0 unspecified atom stereocenters. The third kappa shape index (κ3) is 5.42. The standard InChI is InChI=1S/C32H34N2O5.H2/c1-22-2-3-23(19-30(35)32(10-11-32)26-8-9-28-29(20-26)39-21-38-28)18-27(22)24-4-6-25(7-5-24)31(36)33-12-13-34-14-16-37-17-15-34;/h2-9,18,20H,10-17,19,21H2,1H3,(H,33,36);1H. The minimum Gasteiger partial charge on any atom is -0.454 e. The van der Waals surface area contributed by atoms with Crippen LogP contribution in [0.4, 0.5) is 0 Å². The fourth-order valence-electron chi connectivity index (χ4n) is 5.55. The molecule has 39 heavy (non-hydrogen) atoms. The quantitative estimate of drug-likeness (QED) is 0.440. The molecule has 0 radical (unpaired) electrons. The number of nitrogens with one attached hydrogen (secondary N) is 1. The van der Waals surface area contributed by atoms with Crippen LogP contribution < -0.4 is 14.8 Å². The molecular weight excluding hydrogens is 492 g/mol. The molecule has 1 N–H and O–H groups in total. The summed E-state index contributed by atoms with van der Waals surface area (Å²) in [7, 11) is 0. The van der Waals surface area contributed by atoms with Gasteiger partial charge in [0.2, 0.25) is 6.79 Å². The molecule has 7 heteroatoms. The number of benzene rings is 3. The Labute approximate surface area is 230 Å². The summed E-state index contributed by atoms with van der Waals surface area (Å²) in [4.78, 5) is 28.5. The Balaban J connectivity index is 0.00000323. The van der Waals surface area contributed by atoms with Gasteiger partial charge >= 0.3 is 0 Å². The maximum atomic E-state index is 13.5. The van der Waals surface area contributed by atoms with E-state index in [2.05, 4.69) is 29.3 Å². The number of nitrogens with zero attached hydrogens (tertiary/aromatic N) is 1. The van der Waals surface area contributed by atoms with Gasteiger partial charge in [0.1, 0.15) is 5.78 Å². The lowest BCUT2D eigenvalue weighted by molar-refractivity contribution is -0.120. The van der Waals surface area contributed by atoms with Crippen LogP contribution in [0.2, 0.25) is 0 Å². The van der Waals surface area contributed by atoms with E-state index in [-0.39, 0.29) is 19.9 Å². The highest BCUT2D eigenvalue weighted by Gasteiger charge is 2.50. The summed E-state index contributed by atoms with van der Waals surface area (Å²) in [5, 5.41) is 3.02. The molecule has 1 saturated heterocycles. The number of ether oxygens (including phenoxy) is 3. The highest BCUT2D eigenvalue weighted by Crippen LogP contribution is 2.51. The lowest BCUT2D eigenvalue weighted by atomic mass is 9.87. The van der Waals surface area contributed by atoms with Crippen LogP contribution in [-0.2, 0) is 21.4 Å². The summed E-state index contributed by atoms with van der Waals surface area (Å²) in [6.07, 6.45) is 2.10. The van der Waals surface area contributed by atoms with Gasteiger partial charge in [-0.2, -0.15) is 0 Å². The third-order valence-electron chi connectivity index (χ3n) is 8.15. The van der Waals surface area contributed by atoms with Gasteiger partial charge in [-0.15, -0.1) is 0 Å². The smallest absolute Gasteiger partial charge is 0.251 e. The molecule has 1 aliphatic carbocycles. The molecular formula is C32H36N2O5. The number of rotatable bonds is 9. The van der Waals surface area contributed by atoms with E-state index in [4.69, 9.17) is 14.2 Å². The van der Waals surface area contributed by atoms with Crippen molar-refractivity contribution in [1.29, 1.82) is 0 Å². The molecule has 3 aromatic rings. The normalized spacial score (nSPS) is 17.6. The van der Waals surface area contributed by atoms with Crippen LogP contribution in [0, 0.1) is 6.92 Å². The van der Waals surface area contributed by atoms with E-state index in [1.807, 2.05) is 48.5 Å². The van der Waals surface area contributed by atoms with Gasteiger partial charge in [-0.05, 0) is 71.8 Å². The summed E-state index contributed by atoms with van der Waals surface area (Å²) in [5.41, 5.74) is 5.47. The number of amides is 1. The number of hydrogen-bond acceptors (Lipinski definition) is 6. The van der Waals surface area contributed by atoms with Crippen molar-refractivity contribution in [3.63, 3.8) is 0 Å². The maximum absolute atomic E-state index is 13.5. The SMILES string of the molecule is Cc1ccc(CC(=O)C2(c3ccc4c(c3)OCO4)CC2)cc1-c1ccc(C(=O)NCCN2CCOCC2)cc1.[HH]. The average Bonchev–Trinajstić information content (AvgIpc) is 3.65. The minimum absolute atomic E-state index is 0. The molecule has 2 heterocycles. The van der Waals surface area contributed by atoms with Crippen LogP contribution in [0.1, 0.15) is 41.3 Å². The average molecular weight is 529 g/mol. The van der Waals surface area contributed by atoms with E-state index in [1.54, 1.807) is 0 Å². The van der Waals surface area contributed by atoms with Crippen LogP contribution in [0.25, 0.3) is 11.1 Å². The molecule has 7 nitrogen and oxygen atoms in total. The Bertz CT molecular complexity index is 1380. The Hall–Kier alpha value is -3.68. The lowest BCUT2D eigenvalue weighted by Gasteiger charge is -2.26. The monoisotopic (exact) mass is 528 g/mol. The van der Waals surface area contributed by atoms with E-state index < -0.39 is 5.41 Å². The zero-order valence-corrected chi connectivity index (χ0v) is 22.3. The summed E-state index contributed by atoms with van der Waals surface area (Å²) >= 11 is 0. The Morgan fingerprint density at radius 2 is 1.72 bits per heavy atom.